The molecule has 1 saturated carbocycles. The van der Waals surface area contributed by atoms with Crippen molar-refractivity contribution in [3.63, 3.8) is 0 Å². The number of rotatable bonds is 4. The number of nitrogens with zero attached hydrogens (tertiary/aromatic N) is 4. The molecule has 3 atom stereocenters. The van der Waals surface area contributed by atoms with Crippen LogP contribution in [0.3, 0.4) is 0 Å². The highest BCUT2D eigenvalue weighted by atomic mass is 79.9. The van der Waals surface area contributed by atoms with Gasteiger partial charge in [0, 0.05) is 25.7 Å². The fourth-order valence-electron chi connectivity index (χ4n) is 4.09. The summed E-state index contributed by atoms with van der Waals surface area (Å²) in [4.78, 5) is 25.2. The fourth-order valence-corrected chi connectivity index (χ4v) is 4.30. The molecule has 2 bridgehead atoms. The molecular weight excluding hydrogens is 396 g/mol. The first-order chi connectivity index (χ1) is 12.6. The first-order valence-corrected chi connectivity index (χ1v) is 9.59. The molecular formula is C19H21BrN4O2. The van der Waals surface area contributed by atoms with Gasteiger partial charge in [-0.3, -0.25) is 0 Å². The second-order valence-corrected chi connectivity index (χ2v) is 7.77. The summed E-state index contributed by atoms with van der Waals surface area (Å²) >= 11 is 3.32. The van der Waals surface area contributed by atoms with E-state index in [4.69, 9.17) is 4.74 Å². The molecule has 1 aliphatic heterocycles. The van der Waals surface area contributed by atoms with E-state index in [0.717, 1.165) is 35.4 Å². The Kier molecular flexibility index (Phi) is 4.80. The number of fused-ring (bicyclic) bond motifs is 2. The van der Waals surface area contributed by atoms with Gasteiger partial charge in [0.15, 0.2) is 0 Å². The number of hydrogen-bond donors (Lipinski definition) is 0. The lowest BCUT2D eigenvalue weighted by Gasteiger charge is -2.36. The van der Waals surface area contributed by atoms with E-state index >= 15 is 0 Å². The van der Waals surface area contributed by atoms with E-state index < -0.39 is 0 Å². The van der Waals surface area contributed by atoms with Gasteiger partial charge in [0.05, 0.1) is 12.4 Å². The van der Waals surface area contributed by atoms with E-state index in [1.54, 1.807) is 17.3 Å². The van der Waals surface area contributed by atoms with E-state index in [9.17, 15) is 4.79 Å². The van der Waals surface area contributed by atoms with Crippen LogP contribution in [0.25, 0.3) is 0 Å². The second-order valence-electron chi connectivity index (χ2n) is 6.95. The SMILES string of the molecule is CN(C(=O)OCc1ccccc1)[C@@H]1C[C@@H]2C[C@H]1CN2c1cnc(Br)cn1. The predicted molar refractivity (Wildman–Crippen MR) is 102 cm³/mol. The van der Waals surface area contributed by atoms with Crippen LogP contribution in [0.1, 0.15) is 18.4 Å². The van der Waals surface area contributed by atoms with Crippen molar-refractivity contribution in [1.82, 2.24) is 14.9 Å². The van der Waals surface area contributed by atoms with Crippen LogP contribution >= 0.6 is 15.9 Å². The average Bonchev–Trinajstić information content (AvgIpc) is 3.28. The van der Waals surface area contributed by atoms with Crippen LogP contribution in [0.15, 0.2) is 47.3 Å². The van der Waals surface area contributed by atoms with E-state index in [0.29, 0.717) is 18.6 Å². The molecule has 1 aliphatic carbocycles. The number of anilines is 1. The van der Waals surface area contributed by atoms with Crippen molar-refractivity contribution in [1.29, 1.82) is 0 Å². The second kappa shape index (κ2) is 7.23. The van der Waals surface area contributed by atoms with Gasteiger partial charge in [0.1, 0.15) is 17.0 Å². The molecule has 0 N–H and O–H groups in total. The first kappa shape index (κ1) is 17.3. The minimum Gasteiger partial charge on any atom is -0.445 e. The summed E-state index contributed by atoms with van der Waals surface area (Å²) in [5.74, 6) is 1.35. The van der Waals surface area contributed by atoms with Gasteiger partial charge in [0.2, 0.25) is 0 Å². The van der Waals surface area contributed by atoms with Crippen molar-refractivity contribution in [2.75, 3.05) is 18.5 Å². The highest BCUT2D eigenvalue weighted by molar-refractivity contribution is 9.10. The molecule has 0 spiro atoms. The Bertz CT molecular complexity index is 771. The Labute approximate surface area is 161 Å². The van der Waals surface area contributed by atoms with E-state index in [2.05, 4.69) is 30.8 Å². The van der Waals surface area contributed by atoms with Crippen LogP contribution in [0, 0.1) is 5.92 Å². The topological polar surface area (TPSA) is 58.6 Å². The van der Waals surface area contributed by atoms with Gasteiger partial charge in [-0.25, -0.2) is 14.8 Å². The standard InChI is InChI=1S/C19H21BrN4O2/c1-23(19(25)26-12-13-5-3-2-4-6-13)16-8-15-7-14(16)11-24(15)18-10-21-17(20)9-22-18/h2-6,9-10,14-16H,7-8,11-12H2,1H3/t14-,15-,16+/m0/s1. The minimum atomic E-state index is -0.249. The van der Waals surface area contributed by atoms with Gasteiger partial charge in [-0.2, -0.15) is 0 Å². The van der Waals surface area contributed by atoms with Crippen LogP contribution < -0.4 is 4.90 Å². The fraction of sp³-hybridized carbons (Fsp3) is 0.421. The summed E-state index contributed by atoms with van der Waals surface area (Å²) in [7, 11) is 1.85. The third-order valence-corrected chi connectivity index (χ3v) is 5.81. The predicted octanol–water partition coefficient (Wildman–Crippen LogP) is 3.47. The summed E-state index contributed by atoms with van der Waals surface area (Å²) in [6, 6.07) is 10.4. The zero-order valence-corrected chi connectivity index (χ0v) is 16.2. The number of hydrogen-bond acceptors (Lipinski definition) is 5. The van der Waals surface area contributed by atoms with E-state index in [-0.39, 0.29) is 12.1 Å². The Hall–Kier alpha value is -2.15. The first-order valence-electron chi connectivity index (χ1n) is 8.79. The largest absolute Gasteiger partial charge is 0.445 e. The highest BCUT2D eigenvalue weighted by Crippen LogP contribution is 2.41. The normalized spacial score (nSPS) is 23.9. The number of halogens is 1. The molecule has 0 unspecified atom stereocenters. The summed E-state index contributed by atoms with van der Waals surface area (Å²) in [5, 5.41) is 0. The third-order valence-electron chi connectivity index (χ3n) is 5.40. The van der Waals surface area contributed by atoms with Crippen molar-refractivity contribution >= 4 is 27.8 Å². The highest BCUT2D eigenvalue weighted by Gasteiger charge is 2.47. The Morgan fingerprint density at radius 2 is 2.08 bits per heavy atom. The number of amides is 1. The van der Waals surface area contributed by atoms with Gasteiger partial charge in [0.25, 0.3) is 0 Å². The van der Waals surface area contributed by atoms with Crippen LogP contribution in [0.5, 0.6) is 0 Å². The molecule has 7 heteroatoms. The number of piperidine rings is 1. The number of benzene rings is 1. The third kappa shape index (κ3) is 3.40. The van der Waals surface area contributed by atoms with Gasteiger partial charge in [-0.05, 0) is 40.3 Å². The van der Waals surface area contributed by atoms with Crippen LogP contribution in [0.4, 0.5) is 10.6 Å². The lowest BCUT2D eigenvalue weighted by Crippen LogP contribution is -2.47. The molecule has 6 nitrogen and oxygen atoms in total. The molecule has 1 amide bonds. The minimum absolute atomic E-state index is 0.225. The molecule has 0 radical (unpaired) electrons. The number of carbonyl (C=O) groups is 1. The van der Waals surface area contributed by atoms with Crippen molar-refractivity contribution < 1.29 is 9.53 Å². The smallest absolute Gasteiger partial charge is 0.410 e. The molecule has 26 heavy (non-hydrogen) atoms. The van der Waals surface area contributed by atoms with Crippen molar-refractivity contribution in [2.45, 2.75) is 31.5 Å². The van der Waals surface area contributed by atoms with Crippen molar-refractivity contribution in [2.24, 2.45) is 5.92 Å². The Balaban J connectivity index is 1.34. The number of ether oxygens (including phenoxy) is 1. The summed E-state index contributed by atoms with van der Waals surface area (Å²) in [6.45, 7) is 1.22. The maximum Gasteiger partial charge on any atom is 0.410 e. The molecule has 2 aromatic rings. The molecule has 1 saturated heterocycles. The lowest BCUT2D eigenvalue weighted by atomic mass is 10.0. The van der Waals surface area contributed by atoms with Crippen LogP contribution in [-0.2, 0) is 11.3 Å². The molecule has 2 aliphatic rings. The molecule has 2 fully saturated rings. The molecule has 1 aromatic heterocycles. The zero-order chi connectivity index (χ0) is 18.1. The Morgan fingerprint density at radius 1 is 1.27 bits per heavy atom. The van der Waals surface area contributed by atoms with Crippen LogP contribution in [0.2, 0.25) is 0 Å². The van der Waals surface area contributed by atoms with Crippen molar-refractivity contribution in [3.8, 4) is 0 Å². The average molecular weight is 417 g/mol. The maximum atomic E-state index is 12.4. The van der Waals surface area contributed by atoms with Crippen molar-refractivity contribution in [3.05, 3.63) is 52.9 Å². The molecule has 1 aromatic carbocycles. The monoisotopic (exact) mass is 416 g/mol. The van der Waals surface area contributed by atoms with Gasteiger partial charge in [-0.15, -0.1) is 0 Å². The summed E-state index contributed by atoms with van der Waals surface area (Å²) < 4.78 is 6.22. The van der Waals surface area contributed by atoms with E-state index in [1.807, 2.05) is 37.4 Å². The molecule has 4 rings (SSSR count). The summed E-state index contributed by atoms with van der Waals surface area (Å²) in [5.41, 5.74) is 1.00. The van der Waals surface area contributed by atoms with Crippen LogP contribution in [-0.4, -0.2) is 46.6 Å². The quantitative estimate of drug-likeness (QED) is 0.763. The van der Waals surface area contributed by atoms with Gasteiger partial charge in [-0.1, -0.05) is 30.3 Å². The lowest BCUT2D eigenvalue weighted by molar-refractivity contribution is 0.0825. The van der Waals surface area contributed by atoms with Gasteiger partial charge < -0.3 is 14.5 Å². The summed E-state index contributed by atoms with van der Waals surface area (Å²) in [6.07, 6.45) is 5.31. The van der Waals surface area contributed by atoms with Gasteiger partial charge >= 0.3 is 6.09 Å². The zero-order valence-electron chi connectivity index (χ0n) is 14.6. The molecule has 136 valence electrons. The van der Waals surface area contributed by atoms with E-state index in [1.165, 1.54) is 0 Å². The Morgan fingerprint density at radius 3 is 2.73 bits per heavy atom. The number of carbonyl (C=O) groups excluding carboxylic acids is 1. The maximum absolute atomic E-state index is 12.4. The number of aromatic nitrogens is 2. The molecule has 2 heterocycles.